The number of amides is 3. The maximum absolute atomic E-state index is 13.5. The molecule has 0 spiro atoms. The van der Waals surface area contributed by atoms with Crippen molar-refractivity contribution in [2.45, 2.75) is 56.9 Å². The van der Waals surface area contributed by atoms with Gasteiger partial charge in [-0.2, -0.15) is 18.3 Å². The Kier molecular flexibility index (Phi) is 5.53. The number of aromatic amines is 1. The molecular formula is C25H25F3N6O2. The molecule has 1 saturated carbocycles. The minimum Gasteiger partial charge on any atom is -0.366 e. The number of anilines is 2. The van der Waals surface area contributed by atoms with Crippen LogP contribution >= 0.6 is 0 Å². The van der Waals surface area contributed by atoms with Crippen LogP contribution in [-0.4, -0.2) is 43.7 Å². The molecule has 2 aliphatic rings. The standard InChI is InChI=1S/C25H25F3N6O2/c1-23(2)21(35)34(19-5-3-18(4-6-19)24(8-9-24)25(26,27)28)22(36)33(23)15-16-7-10-29-20(11-16)30-12-17-13-31-32-14-17/h3-7,10-11,13-14H,8-9,12,15H2,1-2H3,(H,29,30)(H,31,32). The van der Waals surface area contributed by atoms with Crippen LogP contribution < -0.4 is 10.2 Å². The number of nitrogens with zero attached hydrogens (tertiary/aromatic N) is 4. The number of hydrogen-bond donors (Lipinski definition) is 2. The highest BCUT2D eigenvalue weighted by molar-refractivity contribution is 6.22. The van der Waals surface area contributed by atoms with Gasteiger partial charge in [-0.15, -0.1) is 0 Å². The Morgan fingerprint density at radius 3 is 2.42 bits per heavy atom. The summed E-state index contributed by atoms with van der Waals surface area (Å²) in [5.41, 5.74) is -0.839. The third-order valence-corrected chi connectivity index (χ3v) is 6.99. The fourth-order valence-corrected chi connectivity index (χ4v) is 4.54. The summed E-state index contributed by atoms with van der Waals surface area (Å²) < 4.78 is 40.4. The van der Waals surface area contributed by atoms with Crippen LogP contribution in [0.2, 0.25) is 0 Å². The van der Waals surface area contributed by atoms with E-state index in [-0.39, 0.29) is 30.6 Å². The molecule has 3 heterocycles. The molecule has 188 valence electrons. The number of halogens is 3. The lowest BCUT2D eigenvalue weighted by atomic mass is 9.95. The first-order valence-electron chi connectivity index (χ1n) is 11.5. The molecule has 3 amide bonds. The first-order chi connectivity index (χ1) is 17.0. The number of pyridine rings is 1. The number of urea groups is 1. The molecule has 1 aliphatic carbocycles. The van der Waals surface area contributed by atoms with Gasteiger partial charge in [0, 0.05) is 31.0 Å². The van der Waals surface area contributed by atoms with Crippen molar-refractivity contribution in [2.75, 3.05) is 10.2 Å². The fraction of sp³-hybridized carbons (Fsp3) is 0.360. The molecule has 2 fully saturated rings. The van der Waals surface area contributed by atoms with Crippen molar-refractivity contribution in [2.24, 2.45) is 0 Å². The second kappa shape index (κ2) is 8.35. The van der Waals surface area contributed by atoms with Crippen molar-refractivity contribution in [3.05, 3.63) is 71.7 Å². The van der Waals surface area contributed by atoms with Gasteiger partial charge in [-0.3, -0.25) is 9.89 Å². The lowest BCUT2D eigenvalue weighted by Crippen LogP contribution is -2.43. The number of carbonyl (C=O) groups excluding carboxylic acids is 2. The van der Waals surface area contributed by atoms with E-state index in [2.05, 4.69) is 20.5 Å². The smallest absolute Gasteiger partial charge is 0.366 e. The molecule has 2 aromatic heterocycles. The number of nitrogens with one attached hydrogen (secondary N) is 2. The highest BCUT2D eigenvalue weighted by atomic mass is 19.4. The summed E-state index contributed by atoms with van der Waals surface area (Å²) in [6, 6.07) is 8.61. The molecule has 1 aliphatic heterocycles. The number of H-pyrrole nitrogens is 1. The van der Waals surface area contributed by atoms with Gasteiger partial charge in [-0.1, -0.05) is 12.1 Å². The fourth-order valence-electron chi connectivity index (χ4n) is 4.54. The van der Waals surface area contributed by atoms with Gasteiger partial charge in [0.15, 0.2) is 0 Å². The van der Waals surface area contributed by atoms with Crippen LogP contribution in [0.25, 0.3) is 0 Å². The average molecular weight is 499 g/mol. The van der Waals surface area contributed by atoms with Crippen molar-refractivity contribution < 1.29 is 22.8 Å². The molecule has 0 radical (unpaired) electrons. The highest BCUT2D eigenvalue weighted by Gasteiger charge is 2.64. The molecule has 8 nitrogen and oxygen atoms in total. The van der Waals surface area contributed by atoms with E-state index < -0.39 is 29.1 Å². The predicted octanol–water partition coefficient (Wildman–Crippen LogP) is 4.76. The van der Waals surface area contributed by atoms with Gasteiger partial charge >= 0.3 is 12.2 Å². The Morgan fingerprint density at radius 1 is 1.08 bits per heavy atom. The lowest BCUT2D eigenvalue weighted by molar-refractivity contribution is -0.160. The molecule has 11 heteroatoms. The van der Waals surface area contributed by atoms with Gasteiger partial charge in [0.25, 0.3) is 5.91 Å². The van der Waals surface area contributed by atoms with E-state index in [1.165, 1.54) is 29.2 Å². The zero-order valence-electron chi connectivity index (χ0n) is 19.8. The molecular weight excluding hydrogens is 473 g/mol. The Bertz CT molecular complexity index is 1280. The number of alkyl halides is 3. The van der Waals surface area contributed by atoms with E-state index in [1.54, 1.807) is 44.6 Å². The minimum absolute atomic E-state index is 0.0447. The Hall–Kier alpha value is -3.89. The van der Waals surface area contributed by atoms with E-state index >= 15 is 0 Å². The summed E-state index contributed by atoms with van der Waals surface area (Å²) in [5.74, 6) is 0.167. The maximum Gasteiger partial charge on any atom is 0.398 e. The third kappa shape index (κ3) is 3.98. The molecule has 3 aromatic rings. The first kappa shape index (κ1) is 23.8. The minimum atomic E-state index is -4.33. The zero-order chi connectivity index (χ0) is 25.7. The van der Waals surface area contributed by atoms with Crippen molar-refractivity contribution in [3.8, 4) is 0 Å². The normalized spacial score (nSPS) is 18.6. The second-order valence-corrected chi connectivity index (χ2v) is 9.70. The summed E-state index contributed by atoms with van der Waals surface area (Å²) in [6.45, 7) is 3.98. The molecule has 5 rings (SSSR count). The molecule has 1 saturated heterocycles. The summed E-state index contributed by atoms with van der Waals surface area (Å²) in [4.78, 5) is 33.4. The molecule has 36 heavy (non-hydrogen) atoms. The highest BCUT2D eigenvalue weighted by Crippen LogP contribution is 2.59. The Balaban J connectivity index is 1.34. The largest absolute Gasteiger partial charge is 0.398 e. The first-order valence-corrected chi connectivity index (χ1v) is 11.5. The zero-order valence-corrected chi connectivity index (χ0v) is 19.8. The van der Waals surface area contributed by atoms with Gasteiger partial charge in [-0.05, 0) is 62.1 Å². The van der Waals surface area contributed by atoms with Crippen LogP contribution in [0.4, 0.5) is 29.5 Å². The van der Waals surface area contributed by atoms with E-state index in [0.29, 0.717) is 12.4 Å². The van der Waals surface area contributed by atoms with Crippen LogP contribution in [0.15, 0.2) is 55.0 Å². The molecule has 0 unspecified atom stereocenters. The quantitative estimate of drug-likeness (QED) is 0.458. The number of carbonyl (C=O) groups is 2. The van der Waals surface area contributed by atoms with Crippen molar-refractivity contribution in [1.82, 2.24) is 20.1 Å². The molecule has 0 atom stereocenters. The van der Waals surface area contributed by atoms with Crippen molar-refractivity contribution in [3.63, 3.8) is 0 Å². The van der Waals surface area contributed by atoms with Gasteiger partial charge in [0.05, 0.1) is 17.3 Å². The number of rotatable bonds is 7. The van der Waals surface area contributed by atoms with E-state index in [4.69, 9.17) is 0 Å². The van der Waals surface area contributed by atoms with E-state index in [0.717, 1.165) is 16.0 Å². The number of aromatic nitrogens is 3. The van der Waals surface area contributed by atoms with Crippen LogP contribution in [0, 0.1) is 0 Å². The molecule has 2 N–H and O–H groups in total. The maximum atomic E-state index is 13.5. The van der Waals surface area contributed by atoms with Gasteiger partial charge in [-0.25, -0.2) is 14.7 Å². The van der Waals surface area contributed by atoms with Crippen LogP contribution in [-0.2, 0) is 23.3 Å². The lowest BCUT2D eigenvalue weighted by Gasteiger charge is -2.27. The second-order valence-electron chi connectivity index (χ2n) is 9.70. The van der Waals surface area contributed by atoms with E-state index in [9.17, 15) is 22.8 Å². The summed E-state index contributed by atoms with van der Waals surface area (Å²) in [7, 11) is 0. The number of benzene rings is 1. The summed E-state index contributed by atoms with van der Waals surface area (Å²) in [6.07, 6.45) is 0.841. The van der Waals surface area contributed by atoms with E-state index in [1.807, 2.05) is 0 Å². The monoisotopic (exact) mass is 498 g/mol. The topological polar surface area (TPSA) is 94.2 Å². The third-order valence-electron chi connectivity index (χ3n) is 6.99. The predicted molar refractivity (Wildman–Crippen MR) is 126 cm³/mol. The van der Waals surface area contributed by atoms with Crippen LogP contribution in [0.5, 0.6) is 0 Å². The summed E-state index contributed by atoms with van der Waals surface area (Å²) >= 11 is 0. The van der Waals surface area contributed by atoms with Gasteiger partial charge in [0.1, 0.15) is 11.4 Å². The molecule has 0 bridgehead atoms. The van der Waals surface area contributed by atoms with Crippen LogP contribution in [0.1, 0.15) is 43.4 Å². The van der Waals surface area contributed by atoms with Gasteiger partial charge in [0.2, 0.25) is 0 Å². The Morgan fingerprint density at radius 2 is 1.81 bits per heavy atom. The van der Waals surface area contributed by atoms with Gasteiger partial charge < -0.3 is 10.2 Å². The average Bonchev–Trinajstić information content (AvgIpc) is 3.47. The number of imide groups is 1. The summed E-state index contributed by atoms with van der Waals surface area (Å²) in [5, 5.41) is 9.83. The van der Waals surface area contributed by atoms with Crippen molar-refractivity contribution >= 4 is 23.4 Å². The molecule has 1 aromatic carbocycles. The Labute approximate surface area is 205 Å². The number of hydrogen-bond acceptors (Lipinski definition) is 5. The SMILES string of the molecule is CC1(C)C(=O)N(c2ccc(C3(C(F)(F)F)CC3)cc2)C(=O)N1Cc1ccnc(NCc2cn[nH]c2)c1. The van der Waals surface area contributed by atoms with Crippen LogP contribution in [0.3, 0.4) is 0 Å². The van der Waals surface area contributed by atoms with Crippen molar-refractivity contribution in [1.29, 1.82) is 0 Å².